The standard InChI is InChI=1S/C20H18F3N3O.C2H6/c1-12-4-5-15(6-13(12)2)19(27)25-17-7-16(20(21,22)23)8-18(9-17)26-10-14(3)24-11-26;1-2/h4-11H,1-3H3,(H,25,27);1-2H3. The number of hydrogen-bond donors (Lipinski definition) is 1. The second kappa shape index (κ2) is 8.94. The minimum absolute atomic E-state index is 0.0643. The van der Waals surface area contributed by atoms with Crippen molar-refractivity contribution in [2.24, 2.45) is 0 Å². The largest absolute Gasteiger partial charge is 0.416 e. The average Bonchev–Trinajstić information content (AvgIpc) is 3.11. The Morgan fingerprint density at radius 3 is 2.24 bits per heavy atom. The Kier molecular flexibility index (Phi) is 6.84. The number of nitrogens with one attached hydrogen (secondary N) is 1. The Morgan fingerprint density at radius 2 is 1.69 bits per heavy atom. The Labute approximate surface area is 168 Å². The maximum absolute atomic E-state index is 13.3. The van der Waals surface area contributed by atoms with Gasteiger partial charge in [-0.1, -0.05) is 19.9 Å². The fourth-order valence-electron chi connectivity index (χ4n) is 2.64. The maximum atomic E-state index is 13.3. The minimum atomic E-state index is -4.54. The molecule has 1 aromatic heterocycles. The number of nitrogens with zero attached hydrogens (tertiary/aromatic N) is 2. The number of benzene rings is 2. The van der Waals surface area contributed by atoms with Gasteiger partial charge in [0, 0.05) is 23.1 Å². The first-order chi connectivity index (χ1) is 13.6. The van der Waals surface area contributed by atoms with E-state index in [4.69, 9.17) is 0 Å². The third-order valence-corrected chi connectivity index (χ3v) is 4.28. The van der Waals surface area contributed by atoms with Crippen LogP contribution in [0.25, 0.3) is 5.69 Å². The second-order valence-corrected chi connectivity index (χ2v) is 6.44. The molecule has 0 spiro atoms. The van der Waals surface area contributed by atoms with Crippen LogP contribution in [-0.4, -0.2) is 15.5 Å². The molecule has 0 fully saturated rings. The summed E-state index contributed by atoms with van der Waals surface area (Å²) in [6.07, 6.45) is -1.49. The Balaban J connectivity index is 0.00000145. The molecular formula is C22H24F3N3O. The molecule has 0 bridgehead atoms. The van der Waals surface area contributed by atoms with Crippen LogP contribution >= 0.6 is 0 Å². The van der Waals surface area contributed by atoms with Gasteiger partial charge in [-0.3, -0.25) is 4.79 Å². The molecule has 29 heavy (non-hydrogen) atoms. The van der Waals surface area contributed by atoms with Gasteiger partial charge in [0.1, 0.15) is 0 Å². The van der Waals surface area contributed by atoms with Gasteiger partial charge in [-0.2, -0.15) is 13.2 Å². The van der Waals surface area contributed by atoms with Crippen molar-refractivity contribution in [2.75, 3.05) is 5.32 Å². The smallest absolute Gasteiger partial charge is 0.322 e. The van der Waals surface area contributed by atoms with Gasteiger partial charge < -0.3 is 9.88 Å². The lowest BCUT2D eigenvalue weighted by Crippen LogP contribution is -2.14. The van der Waals surface area contributed by atoms with E-state index < -0.39 is 17.6 Å². The molecule has 1 heterocycles. The summed E-state index contributed by atoms with van der Waals surface area (Å²) in [5, 5.41) is 2.56. The lowest BCUT2D eigenvalue weighted by molar-refractivity contribution is -0.137. The molecule has 0 aliphatic rings. The van der Waals surface area contributed by atoms with Gasteiger partial charge in [-0.25, -0.2) is 4.98 Å². The molecule has 1 N–H and O–H groups in total. The van der Waals surface area contributed by atoms with E-state index in [0.29, 0.717) is 11.3 Å². The third kappa shape index (κ3) is 5.47. The van der Waals surface area contributed by atoms with Crippen LogP contribution in [0.15, 0.2) is 48.9 Å². The van der Waals surface area contributed by atoms with E-state index in [0.717, 1.165) is 23.3 Å². The van der Waals surface area contributed by atoms with Crippen molar-refractivity contribution in [3.63, 3.8) is 0 Å². The lowest BCUT2D eigenvalue weighted by Gasteiger charge is -2.14. The summed E-state index contributed by atoms with van der Waals surface area (Å²) in [6.45, 7) is 9.53. The van der Waals surface area contributed by atoms with E-state index in [1.165, 1.54) is 17.0 Å². The van der Waals surface area contributed by atoms with Crippen molar-refractivity contribution in [2.45, 2.75) is 40.8 Å². The fourth-order valence-corrected chi connectivity index (χ4v) is 2.64. The van der Waals surface area contributed by atoms with Crippen LogP contribution < -0.4 is 5.32 Å². The Hall–Kier alpha value is -3.09. The third-order valence-electron chi connectivity index (χ3n) is 4.28. The van der Waals surface area contributed by atoms with E-state index >= 15 is 0 Å². The molecule has 0 aliphatic heterocycles. The second-order valence-electron chi connectivity index (χ2n) is 6.44. The molecule has 0 atom stereocenters. The molecule has 0 unspecified atom stereocenters. The quantitative estimate of drug-likeness (QED) is 0.575. The van der Waals surface area contributed by atoms with Gasteiger partial charge in [0.05, 0.1) is 17.6 Å². The number of amides is 1. The van der Waals surface area contributed by atoms with Crippen molar-refractivity contribution in [1.29, 1.82) is 0 Å². The molecule has 0 saturated heterocycles. The highest BCUT2D eigenvalue weighted by atomic mass is 19.4. The van der Waals surface area contributed by atoms with E-state index in [2.05, 4.69) is 10.3 Å². The Morgan fingerprint density at radius 1 is 1.00 bits per heavy atom. The zero-order chi connectivity index (χ0) is 21.8. The van der Waals surface area contributed by atoms with Crippen molar-refractivity contribution in [1.82, 2.24) is 9.55 Å². The summed E-state index contributed by atoms with van der Waals surface area (Å²) < 4.78 is 41.3. The van der Waals surface area contributed by atoms with Crippen molar-refractivity contribution < 1.29 is 18.0 Å². The summed E-state index contributed by atoms with van der Waals surface area (Å²) in [5.74, 6) is -0.467. The SMILES string of the molecule is CC.Cc1cn(-c2cc(NC(=O)c3ccc(C)c(C)c3)cc(C(F)(F)F)c2)cn1. The first-order valence-electron chi connectivity index (χ1n) is 9.25. The number of carbonyl (C=O) groups excluding carboxylic acids is 1. The number of aryl methyl sites for hydroxylation is 3. The van der Waals surface area contributed by atoms with Gasteiger partial charge in [-0.15, -0.1) is 0 Å². The monoisotopic (exact) mass is 403 g/mol. The van der Waals surface area contributed by atoms with Crippen LogP contribution in [-0.2, 0) is 6.18 Å². The molecule has 0 aliphatic carbocycles. The molecular weight excluding hydrogens is 379 g/mol. The van der Waals surface area contributed by atoms with Crippen molar-refractivity contribution in [3.05, 3.63) is 76.9 Å². The summed E-state index contributed by atoms with van der Waals surface area (Å²) in [4.78, 5) is 16.5. The van der Waals surface area contributed by atoms with Crippen LogP contribution in [0.3, 0.4) is 0 Å². The number of halogens is 3. The number of hydrogen-bond acceptors (Lipinski definition) is 2. The zero-order valence-corrected chi connectivity index (χ0v) is 17.1. The van der Waals surface area contributed by atoms with Crippen molar-refractivity contribution >= 4 is 11.6 Å². The van der Waals surface area contributed by atoms with Crippen LogP contribution in [0.4, 0.5) is 18.9 Å². The number of rotatable bonds is 3. The number of aromatic nitrogens is 2. The maximum Gasteiger partial charge on any atom is 0.416 e. The minimum Gasteiger partial charge on any atom is -0.322 e. The summed E-state index contributed by atoms with van der Waals surface area (Å²) >= 11 is 0. The van der Waals surface area contributed by atoms with Crippen LogP contribution in [0.5, 0.6) is 0 Å². The molecule has 1 amide bonds. The highest BCUT2D eigenvalue weighted by Gasteiger charge is 2.31. The first-order valence-corrected chi connectivity index (χ1v) is 9.25. The van der Waals surface area contributed by atoms with Crippen LogP contribution in [0.1, 0.15) is 46.6 Å². The molecule has 3 rings (SSSR count). The molecule has 2 aromatic carbocycles. The zero-order valence-electron chi connectivity index (χ0n) is 17.1. The van der Waals surface area contributed by atoms with Crippen LogP contribution in [0.2, 0.25) is 0 Å². The summed E-state index contributed by atoms with van der Waals surface area (Å²) in [7, 11) is 0. The topological polar surface area (TPSA) is 46.9 Å². The normalized spacial score (nSPS) is 10.9. The molecule has 7 heteroatoms. The van der Waals surface area contributed by atoms with Gasteiger partial charge >= 0.3 is 6.18 Å². The van der Waals surface area contributed by atoms with Crippen molar-refractivity contribution in [3.8, 4) is 5.69 Å². The number of carbonyl (C=O) groups is 1. The molecule has 0 radical (unpaired) electrons. The van der Waals surface area contributed by atoms with Gasteiger partial charge in [0.25, 0.3) is 5.91 Å². The molecule has 3 aromatic rings. The predicted molar refractivity (Wildman–Crippen MR) is 109 cm³/mol. The number of imidazole rings is 1. The van der Waals surface area contributed by atoms with E-state index in [9.17, 15) is 18.0 Å². The fraction of sp³-hybridized carbons (Fsp3) is 0.273. The summed E-state index contributed by atoms with van der Waals surface area (Å²) in [5.41, 5.74) is 2.50. The Bertz CT molecular complexity index is 1010. The number of alkyl halides is 3. The van der Waals surface area contributed by atoms with Gasteiger partial charge in [0.2, 0.25) is 0 Å². The van der Waals surface area contributed by atoms with E-state index in [1.807, 2.05) is 27.7 Å². The van der Waals surface area contributed by atoms with E-state index in [1.54, 1.807) is 31.3 Å². The van der Waals surface area contributed by atoms with Gasteiger partial charge in [-0.05, 0) is 62.2 Å². The van der Waals surface area contributed by atoms with Gasteiger partial charge in [0.15, 0.2) is 0 Å². The average molecular weight is 403 g/mol. The summed E-state index contributed by atoms with van der Waals surface area (Å²) in [6, 6.07) is 8.58. The lowest BCUT2D eigenvalue weighted by atomic mass is 10.1. The molecule has 154 valence electrons. The van der Waals surface area contributed by atoms with Crippen LogP contribution in [0, 0.1) is 20.8 Å². The first kappa shape index (κ1) is 22.2. The molecule has 4 nitrogen and oxygen atoms in total. The highest BCUT2D eigenvalue weighted by Crippen LogP contribution is 2.33. The number of anilines is 1. The highest BCUT2D eigenvalue weighted by molar-refractivity contribution is 6.04. The molecule has 0 saturated carbocycles. The predicted octanol–water partition coefficient (Wildman–Crippen LogP) is 6.09. The van der Waals surface area contributed by atoms with E-state index in [-0.39, 0.29) is 11.4 Å².